The smallest absolute Gasteiger partial charge is 0.223 e. The van der Waals surface area contributed by atoms with Crippen LogP contribution in [0.25, 0.3) is 0 Å². The molecule has 0 aliphatic heterocycles. The van der Waals surface area contributed by atoms with Crippen LogP contribution in [0.1, 0.15) is 25.3 Å². The van der Waals surface area contributed by atoms with Crippen molar-refractivity contribution >= 4 is 11.9 Å². The number of aliphatic imine (C=N–C) groups is 1. The van der Waals surface area contributed by atoms with E-state index in [-0.39, 0.29) is 11.8 Å². The highest BCUT2D eigenvalue weighted by molar-refractivity contribution is 5.81. The van der Waals surface area contributed by atoms with E-state index in [0.717, 1.165) is 44.0 Å². The molecule has 3 N–H and O–H groups in total. The van der Waals surface area contributed by atoms with Crippen LogP contribution < -0.4 is 16.0 Å². The van der Waals surface area contributed by atoms with Crippen LogP contribution in [-0.4, -0.2) is 47.8 Å². The molecule has 1 aromatic rings. The molecule has 1 heterocycles. The largest absolute Gasteiger partial charge is 0.357 e. The Hall–Kier alpha value is -2.05. The third kappa shape index (κ3) is 5.75. The summed E-state index contributed by atoms with van der Waals surface area (Å²) in [6.07, 6.45) is 5.93. The third-order valence-electron chi connectivity index (χ3n) is 3.37. The number of aryl methyl sites for hydroxylation is 1. The Bertz CT molecular complexity index is 506. The molecule has 1 aromatic heterocycles. The maximum absolute atomic E-state index is 11.5. The predicted molar refractivity (Wildman–Crippen MR) is 86.7 cm³/mol. The highest BCUT2D eigenvalue weighted by Crippen LogP contribution is 2.28. The zero-order valence-corrected chi connectivity index (χ0v) is 13.4. The lowest BCUT2D eigenvalue weighted by Gasteiger charge is -2.11. The third-order valence-corrected chi connectivity index (χ3v) is 3.37. The van der Waals surface area contributed by atoms with Gasteiger partial charge in [0.15, 0.2) is 5.96 Å². The van der Waals surface area contributed by atoms with Crippen LogP contribution in [0.15, 0.2) is 17.4 Å². The molecule has 0 spiro atoms. The van der Waals surface area contributed by atoms with Gasteiger partial charge in [0, 0.05) is 31.7 Å². The number of hydrogen-bond donors (Lipinski definition) is 3. The Morgan fingerprint density at radius 2 is 2.18 bits per heavy atom. The SMILES string of the molecule is CCNC(=NCCNC(=O)C1CC1)NCCn1cc(C)cn1. The van der Waals surface area contributed by atoms with Crippen LogP contribution in [-0.2, 0) is 11.3 Å². The molecule has 0 unspecified atom stereocenters. The van der Waals surface area contributed by atoms with Crippen molar-refractivity contribution in [3.63, 3.8) is 0 Å². The van der Waals surface area contributed by atoms with Crippen molar-refractivity contribution in [2.45, 2.75) is 33.2 Å². The molecule has 22 heavy (non-hydrogen) atoms. The second kappa shape index (κ2) is 8.41. The molecule has 0 bridgehead atoms. The Morgan fingerprint density at radius 3 is 2.82 bits per heavy atom. The first-order chi connectivity index (χ1) is 10.7. The predicted octanol–water partition coefficient (Wildman–Crippen LogP) is 0.273. The summed E-state index contributed by atoms with van der Waals surface area (Å²) >= 11 is 0. The van der Waals surface area contributed by atoms with Gasteiger partial charge < -0.3 is 16.0 Å². The molecule has 0 aromatic carbocycles. The van der Waals surface area contributed by atoms with E-state index in [1.54, 1.807) is 0 Å². The summed E-state index contributed by atoms with van der Waals surface area (Å²) in [6.45, 7) is 7.57. The number of guanidine groups is 1. The number of amides is 1. The molecule has 1 aliphatic carbocycles. The molecule has 1 amide bonds. The van der Waals surface area contributed by atoms with Gasteiger partial charge in [-0.15, -0.1) is 0 Å². The van der Waals surface area contributed by atoms with Crippen molar-refractivity contribution in [1.82, 2.24) is 25.7 Å². The number of nitrogens with zero attached hydrogens (tertiary/aromatic N) is 3. The first-order valence-electron chi connectivity index (χ1n) is 7.98. The van der Waals surface area contributed by atoms with Gasteiger partial charge in [-0.2, -0.15) is 5.10 Å². The van der Waals surface area contributed by atoms with Gasteiger partial charge in [0.1, 0.15) is 0 Å². The van der Waals surface area contributed by atoms with Crippen molar-refractivity contribution in [1.29, 1.82) is 0 Å². The lowest BCUT2D eigenvalue weighted by Crippen LogP contribution is -2.39. The summed E-state index contributed by atoms with van der Waals surface area (Å²) in [5.74, 6) is 1.20. The molecule has 0 atom stereocenters. The van der Waals surface area contributed by atoms with Crippen LogP contribution in [0, 0.1) is 12.8 Å². The summed E-state index contributed by atoms with van der Waals surface area (Å²) < 4.78 is 1.90. The molecule has 122 valence electrons. The van der Waals surface area contributed by atoms with Gasteiger partial charge in [0.25, 0.3) is 0 Å². The van der Waals surface area contributed by atoms with E-state index in [4.69, 9.17) is 0 Å². The number of rotatable bonds is 8. The number of carbonyl (C=O) groups excluding carboxylic acids is 1. The van der Waals surface area contributed by atoms with Crippen LogP contribution in [0.4, 0.5) is 0 Å². The first-order valence-corrected chi connectivity index (χ1v) is 7.98. The van der Waals surface area contributed by atoms with E-state index in [2.05, 4.69) is 26.0 Å². The molecule has 0 radical (unpaired) electrons. The number of aromatic nitrogens is 2. The Morgan fingerprint density at radius 1 is 1.36 bits per heavy atom. The molecule has 1 fully saturated rings. The Balaban J connectivity index is 1.66. The van der Waals surface area contributed by atoms with Gasteiger partial charge in [-0.05, 0) is 32.3 Å². The molecular weight excluding hydrogens is 280 g/mol. The zero-order valence-electron chi connectivity index (χ0n) is 13.4. The summed E-state index contributed by atoms with van der Waals surface area (Å²) in [5.41, 5.74) is 1.16. The Labute approximate surface area is 131 Å². The highest BCUT2D eigenvalue weighted by atomic mass is 16.2. The maximum atomic E-state index is 11.5. The van der Waals surface area contributed by atoms with Gasteiger partial charge in [-0.1, -0.05) is 0 Å². The van der Waals surface area contributed by atoms with Crippen molar-refractivity contribution in [2.24, 2.45) is 10.9 Å². The number of nitrogens with one attached hydrogen (secondary N) is 3. The molecule has 7 nitrogen and oxygen atoms in total. The van der Waals surface area contributed by atoms with E-state index < -0.39 is 0 Å². The lowest BCUT2D eigenvalue weighted by molar-refractivity contribution is -0.122. The van der Waals surface area contributed by atoms with E-state index in [9.17, 15) is 4.79 Å². The minimum Gasteiger partial charge on any atom is -0.357 e. The van der Waals surface area contributed by atoms with E-state index in [0.29, 0.717) is 13.1 Å². The molecule has 2 rings (SSSR count). The minimum atomic E-state index is 0.169. The van der Waals surface area contributed by atoms with Crippen LogP contribution in [0.2, 0.25) is 0 Å². The fraction of sp³-hybridized carbons (Fsp3) is 0.667. The summed E-state index contributed by atoms with van der Waals surface area (Å²) in [7, 11) is 0. The van der Waals surface area contributed by atoms with Gasteiger partial charge in [0.2, 0.25) is 5.91 Å². The standard InChI is InChI=1S/C15H26N6O/c1-3-16-15(18-7-6-17-14(22)13-4-5-13)19-8-9-21-11-12(2)10-20-21/h10-11,13H,3-9H2,1-2H3,(H,17,22)(H2,16,18,19). The van der Waals surface area contributed by atoms with Crippen LogP contribution in [0.3, 0.4) is 0 Å². The summed E-state index contributed by atoms with van der Waals surface area (Å²) in [6, 6.07) is 0. The van der Waals surface area contributed by atoms with Crippen molar-refractivity contribution in [3.8, 4) is 0 Å². The molecule has 1 aliphatic rings. The fourth-order valence-corrected chi connectivity index (χ4v) is 2.06. The molecular formula is C15H26N6O. The normalized spacial score (nSPS) is 14.7. The van der Waals surface area contributed by atoms with Crippen molar-refractivity contribution < 1.29 is 4.79 Å². The number of carbonyl (C=O) groups is 1. The Kier molecular flexibility index (Phi) is 6.24. The topological polar surface area (TPSA) is 83.3 Å². The molecule has 1 saturated carbocycles. The van der Waals surface area contributed by atoms with E-state index in [1.165, 1.54) is 0 Å². The van der Waals surface area contributed by atoms with Crippen molar-refractivity contribution in [3.05, 3.63) is 18.0 Å². The maximum Gasteiger partial charge on any atom is 0.223 e. The zero-order chi connectivity index (χ0) is 15.8. The first kappa shape index (κ1) is 16.3. The average molecular weight is 306 g/mol. The second-order valence-electron chi connectivity index (χ2n) is 5.53. The van der Waals surface area contributed by atoms with Crippen LogP contribution >= 0.6 is 0 Å². The van der Waals surface area contributed by atoms with Gasteiger partial charge in [-0.3, -0.25) is 14.5 Å². The van der Waals surface area contributed by atoms with Gasteiger partial charge in [-0.25, -0.2) is 0 Å². The minimum absolute atomic E-state index is 0.169. The summed E-state index contributed by atoms with van der Waals surface area (Å²) in [4.78, 5) is 16.0. The quantitative estimate of drug-likeness (QED) is 0.366. The van der Waals surface area contributed by atoms with Crippen molar-refractivity contribution in [2.75, 3.05) is 26.2 Å². The monoisotopic (exact) mass is 306 g/mol. The van der Waals surface area contributed by atoms with Gasteiger partial charge in [0.05, 0.1) is 19.3 Å². The average Bonchev–Trinajstić information content (AvgIpc) is 3.27. The lowest BCUT2D eigenvalue weighted by atomic mass is 10.4. The van der Waals surface area contributed by atoms with E-state index >= 15 is 0 Å². The fourth-order valence-electron chi connectivity index (χ4n) is 2.06. The number of hydrogen-bond acceptors (Lipinski definition) is 3. The van der Waals surface area contributed by atoms with Crippen LogP contribution in [0.5, 0.6) is 0 Å². The second-order valence-corrected chi connectivity index (χ2v) is 5.53. The summed E-state index contributed by atoms with van der Waals surface area (Å²) in [5, 5.41) is 13.6. The van der Waals surface area contributed by atoms with Gasteiger partial charge >= 0.3 is 0 Å². The molecule has 0 saturated heterocycles. The highest BCUT2D eigenvalue weighted by Gasteiger charge is 2.28. The van der Waals surface area contributed by atoms with E-state index in [1.807, 2.05) is 30.9 Å². The molecule has 7 heteroatoms.